The first-order valence-electron chi connectivity index (χ1n) is 6.70. The number of halogens is 1. The molecule has 0 fully saturated rings. The van der Waals surface area contributed by atoms with Crippen molar-refractivity contribution in [3.05, 3.63) is 23.2 Å². The highest BCUT2D eigenvalue weighted by molar-refractivity contribution is 7.89. The lowest BCUT2D eigenvalue weighted by Crippen LogP contribution is -2.46. The summed E-state index contributed by atoms with van der Waals surface area (Å²) in [4.78, 5) is 23.4. The number of rotatable bonds is 3. The van der Waals surface area contributed by atoms with Crippen molar-refractivity contribution in [2.75, 3.05) is 19.4 Å². The molecular weight excluding hydrogens is 342 g/mol. The minimum absolute atomic E-state index is 0.0239. The van der Waals surface area contributed by atoms with E-state index in [1.54, 1.807) is 20.8 Å². The van der Waals surface area contributed by atoms with Gasteiger partial charge in [-0.2, -0.15) is 0 Å². The largest absolute Gasteiger partial charge is 0.343 e. The molecule has 0 heterocycles. The Bertz CT molecular complexity index is 724. The molecule has 0 bridgehead atoms. The number of carbonyl (C=O) groups is 2. The first-order chi connectivity index (χ1) is 10.3. The van der Waals surface area contributed by atoms with E-state index < -0.39 is 27.4 Å². The van der Waals surface area contributed by atoms with Gasteiger partial charge in [0.2, 0.25) is 10.0 Å². The number of nitrogens with zero attached hydrogens (tertiary/aromatic N) is 1. The molecule has 0 atom stereocenters. The molecule has 0 aliphatic heterocycles. The normalized spacial score (nSPS) is 12.1. The van der Waals surface area contributed by atoms with E-state index in [9.17, 15) is 18.0 Å². The highest BCUT2D eigenvalue weighted by atomic mass is 35.5. The molecule has 128 valence electrons. The number of sulfonamides is 1. The molecule has 0 unspecified atom stereocenters. The van der Waals surface area contributed by atoms with Crippen LogP contribution in [0.25, 0.3) is 0 Å². The van der Waals surface area contributed by atoms with Crippen LogP contribution in [0.5, 0.6) is 0 Å². The Labute approximate surface area is 141 Å². The van der Waals surface area contributed by atoms with Crippen LogP contribution in [0.15, 0.2) is 23.1 Å². The van der Waals surface area contributed by atoms with Crippen molar-refractivity contribution in [2.24, 2.45) is 0 Å². The zero-order valence-electron chi connectivity index (χ0n) is 13.6. The smallest absolute Gasteiger partial charge is 0.313 e. The second-order valence-electron chi connectivity index (χ2n) is 6.09. The molecule has 0 aromatic heterocycles. The topological polar surface area (TPSA) is 95.6 Å². The quantitative estimate of drug-likeness (QED) is 0.796. The SMILES string of the molecule is CN(C)S(=O)(=O)c1cc(NC(=O)C(=O)NC(C)(C)C)ccc1Cl. The molecule has 9 heteroatoms. The van der Waals surface area contributed by atoms with Crippen molar-refractivity contribution in [2.45, 2.75) is 31.2 Å². The van der Waals surface area contributed by atoms with E-state index in [1.807, 2.05) is 0 Å². The molecular formula is C14H20ClN3O4S. The van der Waals surface area contributed by atoms with Gasteiger partial charge in [-0.1, -0.05) is 11.6 Å². The predicted octanol–water partition coefficient (Wildman–Crippen LogP) is 1.44. The van der Waals surface area contributed by atoms with E-state index >= 15 is 0 Å². The molecule has 23 heavy (non-hydrogen) atoms. The van der Waals surface area contributed by atoms with Gasteiger partial charge in [0.25, 0.3) is 0 Å². The fraction of sp³-hybridized carbons (Fsp3) is 0.429. The van der Waals surface area contributed by atoms with E-state index in [0.29, 0.717) is 0 Å². The average Bonchev–Trinajstić information content (AvgIpc) is 2.38. The summed E-state index contributed by atoms with van der Waals surface area (Å²) >= 11 is 5.91. The zero-order valence-corrected chi connectivity index (χ0v) is 15.2. The summed E-state index contributed by atoms with van der Waals surface area (Å²) in [6, 6.07) is 3.97. The maximum atomic E-state index is 12.2. The minimum atomic E-state index is -3.77. The van der Waals surface area contributed by atoms with E-state index in [-0.39, 0.29) is 15.6 Å². The van der Waals surface area contributed by atoms with Gasteiger partial charge in [0.1, 0.15) is 4.90 Å². The van der Waals surface area contributed by atoms with Gasteiger partial charge in [-0.3, -0.25) is 9.59 Å². The highest BCUT2D eigenvalue weighted by Crippen LogP contribution is 2.26. The van der Waals surface area contributed by atoms with Crippen molar-refractivity contribution in [3.63, 3.8) is 0 Å². The molecule has 0 spiro atoms. The fourth-order valence-electron chi connectivity index (χ4n) is 1.56. The maximum Gasteiger partial charge on any atom is 0.313 e. The van der Waals surface area contributed by atoms with Gasteiger partial charge in [0.05, 0.1) is 5.02 Å². The number of carbonyl (C=O) groups excluding carboxylic acids is 2. The van der Waals surface area contributed by atoms with E-state index in [0.717, 1.165) is 4.31 Å². The molecule has 0 saturated carbocycles. The van der Waals surface area contributed by atoms with Gasteiger partial charge in [-0.05, 0) is 39.0 Å². The van der Waals surface area contributed by atoms with Crippen molar-refractivity contribution >= 4 is 39.1 Å². The maximum absolute atomic E-state index is 12.2. The summed E-state index contributed by atoms with van der Waals surface area (Å²) in [5.41, 5.74) is -0.405. The van der Waals surface area contributed by atoms with Crippen molar-refractivity contribution < 1.29 is 18.0 Å². The van der Waals surface area contributed by atoms with E-state index in [2.05, 4.69) is 10.6 Å². The van der Waals surface area contributed by atoms with Crippen molar-refractivity contribution in [1.29, 1.82) is 0 Å². The van der Waals surface area contributed by atoms with Crippen molar-refractivity contribution in [1.82, 2.24) is 9.62 Å². The van der Waals surface area contributed by atoms with Crippen LogP contribution in [0.2, 0.25) is 5.02 Å². The van der Waals surface area contributed by atoms with Crippen molar-refractivity contribution in [3.8, 4) is 0 Å². The third-order valence-electron chi connectivity index (χ3n) is 2.64. The van der Waals surface area contributed by atoms with E-state index in [1.165, 1.54) is 32.3 Å². The van der Waals surface area contributed by atoms with E-state index in [4.69, 9.17) is 11.6 Å². The number of anilines is 1. The summed E-state index contributed by atoms with van der Waals surface area (Å²) in [6.45, 7) is 5.21. The standard InChI is InChI=1S/C14H20ClN3O4S/c1-14(2,3)17-13(20)12(19)16-9-6-7-10(15)11(8-9)23(21,22)18(4)5/h6-8H,1-5H3,(H,16,19)(H,17,20). The van der Waals surface area contributed by atoms with Gasteiger partial charge >= 0.3 is 11.8 Å². The van der Waals surface area contributed by atoms with Gasteiger partial charge in [0.15, 0.2) is 0 Å². The number of amides is 2. The minimum Gasteiger partial charge on any atom is -0.343 e. The Kier molecular flexibility index (Phi) is 5.79. The van der Waals surface area contributed by atoms with Crippen LogP contribution >= 0.6 is 11.6 Å². The van der Waals surface area contributed by atoms with Crippen LogP contribution in [0.3, 0.4) is 0 Å². The van der Waals surface area contributed by atoms with Gasteiger partial charge in [-0.15, -0.1) is 0 Å². The van der Waals surface area contributed by atoms with Crippen LogP contribution in [-0.2, 0) is 19.6 Å². The number of hydrogen-bond acceptors (Lipinski definition) is 4. The third kappa shape index (κ3) is 5.19. The summed E-state index contributed by atoms with van der Waals surface area (Å²) < 4.78 is 25.3. The first-order valence-corrected chi connectivity index (χ1v) is 8.52. The zero-order chi connectivity index (χ0) is 18.0. The molecule has 1 aromatic carbocycles. The molecule has 0 radical (unpaired) electrons. The Balaban J connectivity index is 3.04. The Morgan fingerprint density at radius 3 is 2.17 bits per heavy atom. The molecule has 0 aliphatic carbocycles. The molecule has 7 nitrogen and oxygen atoms in total. The second-order valence-corrected chi connectivity index (χ2v) is 8.62. The molecule has 1 aromatic rings. The Morgan fingerprint density at radius 1 is 1.13 bits per heavy atom. The number of hydrogen-bond donors (Lipinski definition) is 2. The Morgan fingerprint density at radius 2 is 1.70 bits per heavy atom. The van der Waals surface area contributed by atoms with Crippen LogP contribution in [0.4, 0.5) is 5.69 Å². The lowest BCUT2D eigenvalue weighted by Gasteiger charge is -2.20. The molecule has 0 aliphatic rings. The summed E-state index contributed by atoms with van der Waals surface area (Å²) in [5.74, 6) is -1.71. The molecule has 0 saturated heterocycles. The number of nitrogens with one attached hydrogen (secondary N) is 2. The average molecular weight is 362 g/mol. The fourth-order valence-corrected chi connectivity index (χ4v) is 2.95. The van der Waals surface area contributed by atoms with Crippen LogP contribution in [0.1, 0.15) is 20.8 Å². The van der Waals surface area contributed by atoms with Crippen LogP contribution in [0, 0.1) is 0 Å². The third-order valence-corrected chi connectivity index (χ3v) is 4.94. The van der Waals surface area contributed by atoms with Crippen LogP contribution < -0.4 is 10.6 Å². The molecule has 2 amide bonds. The lowest BCUT2D eigenvalue weighted by atomic mass is 10.1. The van der Waals surface area contributed by atoms with Crippen LogP contribution in [-0.4, -0.2) is 44.2 Å². The molecule has 1 rings (SSSR count). The second kappa shape index (κ2) is 6.86. The van der Waals surface area contributed by atoms with Gasteiger partial charge in [-0.25, -0.2) is 12.7 Å². The summed E-state index contributed by atoms with van der Waals surface area (Å²) in [6.07, 6.45) is 0. The summed E-state index contributed by atoms with van der Waals surface area (Å²) in [5, 5.41) is 4.88. The van der Waals surface area contributed by atoms with Gasteiger partial charge < -0.3 is 10.6 Å². The highest BCUT2D eigenvalue weighted by Gasteiger charge is 2.23. The Hall–Kier alpha value is -1.64. The predicted molar refractivity (Wildman–Crippen MR) is 88.9 cm³/mol. The van der Waals surface area contributed by atoms with Gasteiger partial charge in [0, 0.05) is 25.3 Å². The monoisotopic (exact) mass is 361 g/mol. The summed E-state index contributed by atoms with van der Waals surface area (Å²) in [7, 11) is -1.03. The first kappa shape index (κ1) is 19.4. The lowest BCUT2D eigenvalue weighted by molar-refractivity contribution is -0.137. The number of benzene rings is 1. The molecule has 2 N–H and O–H groups in total.